The molecule has 0 aliphatic heterocycles. The van der Waals surface area contributed by atoms with E-state index in [1.807, 2.05) is 0 Å². The van der Waals surface area contributed by atoms with Crippen LogP contribution in [0.5, 0.6) is 0 Å². The molecule has 0 aliphatic rings. The van der Waals surface area contributed by atoms with Crippen molar-refractivity contribution in [3.8, 4) is 0 Å². The Morgan fingerprint density at radius 3 is 1.82 bits per heavy atom. The van der Waals surface area contributed by atoms with Crippen molar-refractivity contribution in [2.45, 2.75) is 11.8 Å². The molecule has 0 aromatic heterocycles. The van der Waals surface area contributed by atoms with Crippen LogP contribution in [0.4, 0.5) is 13.2 Å². The molecule has 1 atom stereocenters. The molecule has 0 heterocycles. The van der Waals surface area contributed by atoms with Gasteiger partial charge in [0.15, 0.2) is 0 Å². The number of halogens is 3. The molecule has 0 saturated heterocycles. The Morgan fingerprint density at radius 2 is 1.82 bits per heavy atom. The lowest BCUT2D eigenvalue weighted by atomic mass is 10.1. The van der Waals surface area contributed by atoms with Gasteiger partial charge in [-0.15, -0.1) is 0 Å². The smallest absolute Gasteiger partial charge is 0.431 e. The Balaban J connectivity index is 4.91. The normalized spacial score (nSPS) is 17.1. The molecule has 0 aromatic rings. The SMILES string of the molecule is C=C[C@@](O)(C(=O)O)C(F)(F)F. The number of alkyl halides is 3. The molecule has 0 amide bonds. The van der Waals surface area contributed by atoms with Gasteiger partial charge < -0.3 is 10.2 Å². The van der Waals surface area contributed by atoms with Crippen LogP contribution in [-0.2, 0) is 4.79 Å². The highest BCUT2D eigenvalue weighted by Gasteiger charge is 2.57. The average Bonchev–Trinajstić information content (AvgIpc) is 1.83. The predicted octanol–water partition coefficient (Wildman–Crippen LogP) is 0.550. The van der Waals surface area contributed by atoms with Gasteiger partial charge in [0, 0.05) is 0 Å². The molecule has 64 valence electrons. The number of aliphatic hydroxyl groups is 1. The molecular formula is C5H5F3O3. The van der Waals surface area contributed by atoms with E-state index in [9.17, 15) is 18.0 Å². The maximum absolute atomic E-state index is 11.7. The first-order chi connectivity index (χ1) is 4.75. The first-order valence-electron chi connectivity index (χ1n) is 2.42. The van der Waals surface area contributed by atoms with Crippen molar-refractivity contribution in [3.05, 3.63) is 12.7 Å². The highest BCUT2D eigenvalue weighted by atomic mass is 19.4. The van der Waals surface area contributed by atoms with Gasteiger partial charge in [-0.2, -0.15) is 13.2 Å². The number of carboxylic acid groups (broad SMARTS) is 1. The Morgan fingerprint density at radius 1 is 1.45 bits per heavy atom. The fourth-order valence-corrected chi connectivity index (χ4v) is 0.324. The first-order valence-corrected chi connectivity index (χ1v) is 2.42. The van der Waals surface area contributed by atoms with Crippen LogP contribution in [0.2, 0.25) is 0 Å². The van der Waals surface area contributed by atoms with Crippen molar-refractivity contribution in [2.24, 2.45) is 0 Å². The number of hydrogen-bond acceptors (Lipinski definition) is 2. The lowest BCUT2D eigenvalue weighted by Crippen LogP contribution is -2.50. The molecule has 6 heteroatoms. The maximum Gasteiger partial charge on any atom is 0.431 e. The quantitative estimate of drug-likeness (QED) is 0.595. The number of carbonyl (C=O) groups is 1. The second-order valence-electron chi connectivity index (χ2n) is 1.77. The van der Waals surface area contributed by atoms with E-state index in [0.29, 0.717) is 0 Å². The Bertz CT molecular complexity index is 186. The largest absolute Gasteiger partial charge is 0.479 e. The third-order valence-electron chi connectivity index (χ3n) is 1.05. The zero-order chi connectivity index (χ0) is 9.28. The maximum atomic E-state index is 11.7. The molecule has 0 rings (SSSR count). The van der Waals surface area contributed by atoms with Crippen LogP contribution in [0.25, 0.3) is 0 Å². The summed E-state index contributed by atoms with van der Waals surface area (Å²) in [5.74, 6) is -2.39. The lowest BCUT2D eigenvalue weighted by Gasteiger charge is -2.21. The third kappa shape index (κ3) is 1.51. The van der Waals surface area contributed by atoms with Gasteiger partial charge >= 0.3 is 12.1 Å². The van der Waals surface area contributed by atoms with E-state index in [4.69, 9.17) is 10.2 Å². The summed E-state index contributed by atoms with van der Waals surface area (Å²) >= 11 is 0. The summed E-state index contributed by atoms with van der Waals surface area (Å²) in [6.07, 6.45) is -5.31. The highest BCUT2D eigenvalue weighted by molar-refractivity contribution is 5.80. The molecule has 0 unspecified atom stereocenters. The van der Waals surface area contributed by atoms with E-state index in [-0.39, 0.29) is 6.08 Å². The Kier molecular flexibility index (Phi) is 2.30. The molecule has 0 aliphatic carbocycles. The van der Waals surface area contributed by atoms with E-state index in [1.165, 1.54) is 0 Å². The summed E-state index contributed by atoms with van der Waals surface area (Å²) in [6.45, 7) is 2.57. The number of aliphatic carboxylic acids is 1. The fourth-order valence-electron chi connectivity index (χ4n) is 0.324. The minimum absolute atomic E-state index is 0.0741. The summed E-state index contributed by atoms with van der Waals surface area (Å²) in [4.78, 5) is 9.86. The minimum Gasteiger partial charge on any atom is -0.479 e. The molecule has 2 N–H and O–H groups in total. The van der Waals surface area contributed by atoms with Gasteiger partial charge in [-0.05, 0) is 6.08 Å². The highest BCUT2D eigenvalue weighted by Crippen LogP contribution is 2.31. The van der Waals surface area contributed by atoms with E-state index in [0.717, 1.165) is 0 Å². The zero-order valence-corrected chi connectivity index (χ0v) is 5.22. The Hall–Kier alpha value is -1.04. The summed E-state index contributed by atoms with van der Waals surface area (Å²) < 4.78 is 35.0. The van der Waals surface area contributed by atoms with Crippen molar-refractivity contribution < 1.29 is 28.2 Å². The first kappa shape index (κ1) is 9.96. The van der Waals surface area contributed by atoms with E-state index in [2.05, 4.69) is 6.58 Å². The lowest BCUT2D eigenvalue weighted by molar-refractivity contribution is -0.243. The Labute approximate surface area is 59.8 Å². The molecule has 0 bridgehead atoms. The number of carboxylic acids is 1. The molecule has 0 aromatic carbocycles. The molecule has 0 saturated carbocycles. The zero-order valence-electron chi connectivity index (χ0n) is 5.22. The molecule has 11 heavy (non-hydrogen) atoms. The van der Waals surface area contributed by atoms with Crippen LogP contribution >= 0.6 is 0 Å². The summed E-state index contributed by atoms with van der Waals surface area (Å²) in [5.41, 5.74) is -3.84. The molecule has 0 radical (unpaired) electrons. The van der Waals surface area contributed by atoms with Crippen molar-refractivity contribution in [3.63, 3.8) is 0 Å². The second kappa shape index (κ2) is 2.54. The van der Waals surface area contributed by atoms with E-state index in [1.54, 1.807) is 0 Å². The van der Waals surface area contributed by atoms with E-state index < -0.39 is 17.7 Å². The van der Waals surface area contributed by atoms with Gasteiger partial charge in [0.2, 0.25) is 0 Å². The van der Waals surface area contributed by atoms with Gasteiger partial charge in [0.25, 0.3) is 5.60 Å². The van der Waals surface area contributed by atoms with E-state index >= 15 is 0 Å². The van der Waals surface area contributed by atoms with Gasteiger partial charge in [-0.1, -0.05) is 6.58 Å². The number of hydrogen-bond donors (Lipinski definition) is 2. The second-order valence-corrected chi connectivity index (χ2v) is 1.77. The monoisotopic (exact) mass is 170 g/mol. The third-order valence-corrected chi connectivity index (χ3v) is 1.05. The van der Waals surface area contributed by atoms with Gasteiger partial charge in [0.05, 0.1) is 0 Å². The van der Waals surface area contributed by atoms with Gasteiger partial charge in [-0.3, -0.25) is 0 Å². The van der Waals surface area contributed by atoms with Crippen LogP contribution < -0.4 is 0 Å². The van der Waals surface area contributed by atoms with Crippen molar-refractivity contribution >= 4 is 5.97 Å². The molecular weight excluding hydrogens is 165 g/mol. The summed E-state index contributed by atoms with van der Waals surface area (Å²) in [6, 6.07) is 0. The molecule has 0 fully saturated rings. The molecule has 0 spiro atoms. The molecule has 3 nitrogen and oxygen atoms in total. The van der Waals surface area contributed by atoms with Crippen molar-refractivity contribution in [1.29, 1.82) is 0 Å². The fraction of sp³-hybridized carbons (Fsp3) is 0.400. The van der Waals surface area contributed by atoms with Gasteiger partial charge in [-0.25, -0.2) is 4.79 Å². The average molecular weight is 170 g/mol. The topological polar surface area (TPSA) is 57.5 Å². The van der Waals surface area contributed by atoms with Crippen LogP contribution in [0, 0.1) is 0 Å². The number of rotatable bonds is 2. The minimum atomic E-state index is -5.24. The van der Waals surface area contributed by atoms with Crippen molar-refractivity contribution in [1.82, 2.24) is 0 Å². The van der Waals surface area contributed by atoms with Crippen LogP contribution in [-0.4, -0.2) is 28.0 Å². The van der Waals surface area contributed by atoms with Crippen LogP contribution in [0.15, 0.2) is 12.7 Å². The standard InChI is InChI=1S/C5H5F3O3/c1-2-4(11,3(9)10)5(6,7)8/h2,11H,1H2,(H,9,10)/t4-/m1/s1. The van der Waals surface area contributed by atoms with Crippen LogP contribution in [0.1, 0.15) is 0 Å². The van der Waals surface area contributed by atoms with Crippen molar-refractivity contribution in [2.75, 3.05) is 0 Å². The predicted molar refractivity (Wildman–Crippen MR) is 28.8 cm³/mol. The summed E-state index contributed by atoms with van der Waals surface area (Å²) in [7, 11) is 0. The van der Waals surface area contributed by atoms with Gasteiger partial charge in [0.1, 0.15) is 0 Å². The van der Waals surface area contributed by atoms with Crippen LogP contribution in [0.3, 0.4) is 0 Å². The summed E-state index contributed by atoms with van der Waals surface area (Å²) in [5, 5.41) is 16.3.